The highest BCUT2D eigenvalue weighted by Gasteiger charge is 2.63. The molecule has 0 N–H and O–H groups in total. The quantitative estimate of drug-likeness (QED) is 0.319. The molecule has 3 rings (SSSR count). The molecule has 1 aliphatic heterocycles. The Kier molecular flexibility index (Phi) is 4.39. The number of esters is 1. The minimum Gasteiger partial charge on any atom is -0.462 e. The zero-order chi connectivity index (χ0) is 14.9. The highest BCUT2D eigenvalue weighted by Crippen LogP contribution is 2.58. The summed E-state index contributed by atoms with van der Waals surface area (Å²) >= 11 is 0. The number of epoxide rings is 1. The zero-order valence-corrected chi connectivity index (χ0v) is 13.5. The second-order valence-corrected chi connectivity index (χ2v) is 6.90. The van der Waals surface area contributed by atoms with Gasteiger partial charge < -0.3 is 9.47 Å². The van der Waals surface area contributed by atoms with E-state index in [1.807, 2.05) is 6.92 Å². The fourth-order valence-corrected chi connectivity index (χ4v) is 4.36. The van der Waals surface area contributed by atoms with Crippen LogP contribution in [0.4, 0.5) is 0 Å². The molecular weight excluding hydrogens is 264 g/mol. The van der Waals surface area contributed by atoms with Crippen LogP contribution in [-0.4, -0.2) is 24.3 Å². The van der Waals surface area contributed by atoms with Gasteiger partial charge in [0.05, 0.1) is 12.7 Å². The van der Waals surface area contributed by atoms with Crippen molar-refractivity contribution in [2.45, 2.75) is 83.3 Å². The van der Waals surface area contributed by atoms with E-state index in [4.69, 9.17) is 9.47 Å². The van der Waals surface area contributed by atoms with Gasteiger partial charge in [0.1, 0.15) is 5.60 Å². The van der Waals surface area contributed by atoms with Gasteiger partial charge in [-0.05, 0) is 56.9 Å². The number of hydrogen-bond acceptors (Lipinski definition) is 3. The van der Waals surface area contributed by atoms with Gasteiger partial charge in [-0.2, -0.15) is 0 Å². The maximum atomic E-state index is 12.4. The first-order valence-corrected chi connectivity index (χ1v) is 8.75. The summed E-state index contributed by atoms with van der Waals surface area (Å²) in [7, 11) is 0. The van der Waals surface area contributed by atoms with Crippen molar-refractivity contribution in [3.8, 4) is 0 Å². The van der Waals surface area contributed by atoms with Gasteiger partial charge in [0, 0.05) is 5.57 Å². The minimum absolute atomic E-state index is 0.0805. The van der Waals surface area contributed by atoms with E-state index in [0.29, 0.717) is 18.6 Å². The molecule has 2 saturated carbocycles. The Morgan fingerprint density at radius 1 is 1.24 bits per heavy atom. The summed E-state index contributed by atoms with van der Waals surface area (Å²) in [5, 5.41) is 0. The molecule has 3 aliphatic rings. The van der Waals surface area contributed by atoms with Crippen molar-refractivity contribution in [1.29, 1.82) is 0 Å². The predicted molar refractivity (Wildman–Crippen MR) is 82.0 cm³/mol. The lowest BCUT2D eigenvalue weighted by molar-refractivity contribution is -0.139. The third-order valence-corrected chi connectivity index (χ3v) is 5.49. The van der Waals surface area contributed by atoms with Crippen LogP contribution in [-0.2, 0) is 14.3 Å². The topological polar surface area (TPSA) is 38.8 Å². The average Bonchev–Trinajstić information content (AvgIpc) is 2.87. The second kappa shape index (κ2) is 6.12. The molecule has 3 nitrogen and oxygen atoms in total. The molecule has 3 fully saturated rings. The van der Waals surface area contributed by atoms with Crippen LogP contribution < -0.4 is 0 Å². The van der Waals surface area contributed by atoms with Gasteiger partial charge in [-0.15, -0.1) is 0 Å². The van der Waals surface area contributed by atoms with Crippen molar-refractivity contribution in [2.75, 3.05) is 6.61 Å². The van der Waals surface area contributed by atoms with Crippen LogP contribution in [0.5, 0.6) is 0 Å². The molecule has 0 aromatic rings. The van der Waals surface area contributed by atoms with Gasteiger partial charge in [0.15, 0.2) is 0 Å². The number of hydrogen-bond donors (Lipinski definition) is 0. The van der Waals surface area contributed by atoms with E-state index >= 15 is 0 Å². The molecule has 0 radical (unpaired) electrons. The second-order valence-electron chi connectivity index (χ2n) is 6.90. The molecule has 21 heavy (non-hydrogen) atoms. The molecule has 2 aliphatic carbocycles. The first-order chi connectivity index (χ1) is 10.2. The van der Waals surface area contributed by atoms with E-state index in [1.54, 1.807) is 0 Å². The lowest BCUT2D eigenvalue weighted by Crippen LogP contribution is -2.24. The standard InChI is InChI=1S/C18H28O3/c1-3-4-12-20-17(19)13(2)16(14-8-5-6-9-14)18-11-7-10-15(18)21-18/h14-15H,3-12H2,1-2H3/b16-13-. The van der Waals surface area contributed by atoms with Crippen molar-refractivity contribution in [3.05, 3.63) is 11.1 Å². The first kappa shape index (κ1) is 15.1. The first-order valence-electron chi connectivity index (χ1n) is 8.75. The fourth-order valence-electron chi connectivity index (χ4n) is 4.36. The van der Waals surface area contributed by atoms with E-state index in [0.717, 1.165) is 31.3 Å². The van der Waals surface area contributed by atoms with Gasteiger partial charge >= 0.3 is 5.97 Å². The lowest BCUT2D eigenvalue weighted by Gasteiger charge is -2.23. The molecule has 0 aromatic heterocycles. The molecule has 0 amide bonds. The summed E-state index contributed by atoms with van der Waals surface area (Å²) in [4.78, 5) is 12.4. The van der Waals surface area contributed by atoms with Gasteiger partial charge in [-0.1, -0.05) is 26.2 Å². The maximum Gasteiger partial charge on any atom is 0.333 e. The molecule has 1 saturated heterocycles. The Bertz CT molecular complexity index is 434. The molecule has 3 heteroatoms. The van der Waals surface area contributed by atoms with Crippen LogP contribution in [0, 0.1) is 5.92 Å². The van der Waals surface area contributed by atoms with Crippen LogP contribution in [0.15, 0.2) is 11.1 Å². The number of fused-ring (bicyclic) bond motifs is 1. The normalized spacial score (nSPS) is 32.8. The average molecular weight is 292 g/mol. The van der Waals surface area contributed by atoms with Crippen molar-refractivity contribution in [1.82, 2.24) is 0 Å². The lowest BCUT2D eigenvalue weighted by atomic mass is 9.81. The fraction of sp³-hybridized carbons (Fsp3) is 0.833. The summed E-state index contributed by atoms with van der Waals surface area (Å²) in [6, 6.07) is 0. The van der Waals surface area contributed by atoms with Crippen molar-refractivity contribution in [2.24, 2.45) is 5.92 Å². The number of ether oxygens (including phenoxy) is 2. The van der Waals surface area contributed by atoms with Crippen LogP contribution in [0.3, 0.4) is 0 Å². The van der Waals surface area contributed by atoms with E-state index in [2.05, 4.69) is 6.92 Å². The number of carbonyl (C=O) groups excluding carboxylic acids is 1. The van der Waals surface area contributed by atoms with Crippen LogP contribution >= 0.6 is 0 Å². The Labute approximate surface area is 128 Å². The Morgan fingerprint density at radius 2 is 2.00 bits per heavy atom. The molecule has 0 bridgehead atoms. The molecule has 2 atom stereocenters. The summed E-state index contributed by atoms with van der Waals surface area (Å²) in [5.41, 5.74) is 2.08. The van der Waals surface area contributed by atoms with E-state index in [9.17, 15) is 4.79 Å². The number of rotatable bonds is 6. The zero-order valence-electron chi connectivity index (χ0n) is 13.5. The van der Waals surface area contributed by atoms with Gasteiger partial charge in [0.25, 0.3) is 0 Å². The SMILES string of the molecule is CCCCOC(=O)/C(C)=C(/C1CCCC1)C12CCCC1O2. The smallest absolute Gasteiger partial charge is 0.333 e. The van der Waals surface area contributed by atoms with Gasteiger partial charge in [-0.25, -0.2) is 4.79 Å². The van der Waals surface area contributed by atoms with E-state index < -0.39 is 0 Å². The Balaban J connectivity index is 1.80. The molecular formula is C18H28O3. The summed E-state index contributed by atoms with van der Waals surface area (Å²) in [6.07, 6.45) is 10.9. The monoisotopic (exact) mass is 292 g/mol. The molecule has 0 aromatic carbocycles. The predicted octanol–water partition coefficient (Wildman–Crippen LogP) is 4.16. The molecule has 1 heterocycles. The maximum absolute atomic E-state index is 12.4. The largest absolute Gasteiger partial charge is 0.462 e. The summed E-state index contributed by atoms with van der Waals surface area (Å²) < 4.78 is 11.5. The third-order valence-electron chi connectivity index (χ3n) is 5.49. The van der Waals surface area contributed by atoms with Crippen LogP contribution in [0.2, 0.25) is 0 Å². The van der Waals surface area contributed by atoms with E-state index in [1.165, 1.54) is 37.7 Å². The minimum atomic E-state index is -0.110. The van der Waals surface area contributed by atoms with Crippen molar-refractivity contribution in [3.63, 3.8) is 0 Å². The third kappa shape index (κ3) is 2.77. The molecule has 0 spiro atoms. The highest BCUT2D eigenvalue weighted by atomic mass is 16.6. The van der Waals surface area contributed by atoms with Gasteiger partial charge in [0.2, 0.25) is 0 Å². The van der Waals surface area contributed by atoms with E-state index in [-0.39, 0.29) is 11.6 Å². The van der Waals surface area contributed by atoms with Crippen LogP contribution in [0.1, 0.15) is 71.6 Å². The van der Waals surface area contributed by atoms with Crippen molar-refractivity contribution >= 4 is 5.97 Å². The highest BCUT2D eigenvalue weighted by molar-refractivity contribution is 5.89. The summed E-state index contributed by atoms with van der Waals surface area (Å²) in [5.74, 6) is 0.438. The molecule has 118 valence electrons. The van der Waals surface area contributed by atoms with Crippen LogP contribution in [0.25, 0.3) is 0 Å². The Morgan fingerprint density at radius 3 is 2.57 bits per heavy atom. The number of carbonyl (C=O) groups is 1. The number of unbranched alkanes of at least 4 members (excludes halogenated alkanes) is 1. The summed E-state index contributed by atoms with van der Waals surface area (Å²) in [6.45, 7) is 4.62. The molecule has 2 unspecified atom stereocenters. The Hall–Kier alpha value is -0.830. The van der Waals surface area contributed by atoms with Gasteiger partial charge in [-0.3, -0.25) is 0 Å². The van der Waals surface area contributed by atoms with Crippen molar-refractivity contribution < 1.29 is 14.3 Å².